The third kappa shape index (κ3) is 4.44. The van der Waals surface area contributed by atoms with Crippen molar-refractivity contribution in [3.63, 3.8) is 0 Å². The van der Waals surface area contributed by atoms with Crippen molar-refractivity contribution in [1.82, 2.24) is 0 Å². The second kappa shape index (κ2) is 6.36. The summed E-state index contributed by atoms with van der Waals surface area (Å²) in [5.41, 5.74) is 1.08. The summed E-state index contributed by atoms with van der Waals surface area (Å²) in [6.45, 7) is 11.2. The van der Waals surface area contributed by atoms with Crippen LogP contribution >= 0.6 is 7.37 Å². The number of carbonyl (C=O) groups is 1. The average Bonchev–Trinajstić information content (AvgIpc) is 2.35. The summed E-state index contributed by atoms with van der Waals surface area (Å²) in [5, 5.41) is -1.12. The van der Waals surface area contributed by atoms with Gasteiger partial charge in [0, 0.05) is 16.7 Å². The van der Waals surface area contributed by atoms with Gasteiger partial charge in [-0.1, -0.05) is 71.9 Å². The molecule has 0 N–H and O–H groups in total. The van der Waals surface area contributed by atoms with Crippen LogP contribution in [0.2, 0.25) is 0 Å². The molecular formula is C17H27O3P. The molecule has 0 fully saturated rings. The van der Waals surface area contributed by atoms with Gasteiger partial charge in [0.15, 0.2) is 0 Å². The minimum atomic E-state index is -3.11. The van der Waals surface area contributed by atoms with Crippen LogP contribution < -0.4 is 0 Å². The first kappa shape index (κ1) is 18.0. The fraction of sp³-hybridized carbons (Fsp3) is 0.588. The van der Waals surface area contributed by atoms with E-state index in [4.69, 9.17) is 4.52 Å². The first-order valence-electron chi connectivity index (χ1n) is 7.34. The molecule has 118 valence electrons. The highest BCUT2D eigenvalue weighted by Crippen LogP contribution is 2.67. The lowest BCUT2D eigenvalue weighted by Crippen LogP contribution is -2.31. The van der Waals surface area contributed by atoms with E-state index in [2.05, 4.69) is 0 Å². The molecule has 0 atom stereocenters. The van der Waals surface area contributed by atoms with Crippen molar-refractivity contribution in [1.29, 1.82) is 0 Å². The molecule has 0 aliphatic heterocycles. The summed E-state index contributed by atoms with van der Waals surface area (Å²) in [6, 6.07) is 9.77. The molecule has 0 unspecified atom stereocenters. The highest BCUT2D eigenvalue weighted by molar-refractivity contribution is 7.62. The summed E-state index contributed by atoms with van der Waals surface area (Å²) in [5.74, 6) is -0.382. The van der Waals surface area contributed by atoms with Crippen molar-refractivity contribution < 1.29 is 13.9 Å². The number of benzene rings is 1. The second-order valence-corrected chi connectivity index (χ2v) is 11.3. The molecule has 0 radical (unpaired) electrons. The van der Waals surface area contributed by atoms with Gasteiger partial charge in [-0.05, 0) is 12.0 Å². The van der Waals surface area contributed by atoms with Gasteiger partial charge in [-0.15, -0.1) is 0 Å². The normalized spacial score (nSPS) is 13.0. The highest BCUT2D eigenvalue weighted by Gasteiger charge is 2.49. The Hall–Kier alpha value is -1.08. The fourth-order valence-corrected chi connectivity index (χ4v) is 5.30. The van der Waals surface area contributed by atoms with Crippen LogP contribution in [0.4, 0.5) is 0 Å². The molecule has 1 rings (SSSR count). The van der Waals surface area contributed by atoms with Gasteiger partial charge in [0.2, 0.25) is 0 Å². The molecule has 1 aromatic carbocycles. The minimum Gasteiger partial charge on any atom is -0.411 e. The Kier molecular flexibility index (Phi) is 5.44. The smallest absolute Gasteiger partial charge is 0.311 e. The van der Waals surface area contributed by atoms with Crippen molar-refractivity contribution in [3.05, 3.63) is 35.9 Å². The number of rotatable bonds is 4. The second-order valence-electron chi connectivity index (χ2n) is 7.34. The van der Waals surface area contributed by atoms with E-state index in [1.165, 1.54) is 0 Å². The summed E-state index contributed by atoms with van der Waals surface area (Å²) >= 11 is 0. The molecule has 0 heterocycles. The van der Waals surface area contributed by atoms with Gasteiger partial charge < -0.3 is 4.52 Å². The Balaban J connectivity index is 2.77. The minimum absolute atomic E-state index is 0.250. The van der Waals surface area contributed by atoms with Crippen LogP contribution in [0.15, 0.2) is 30.3 Å². The first-order valence-corrected chi connectivity index (χ1v) is 8.96. The van der Waals surface area contributed by atoms with Crippen LogP contribution in [0.5, 0.6) is 0 Å². The molecule has 0 spiro atoms. The predicted molar refractivity (Wildman–Crippen MR) is 88.0 cm³/mol. The Labute approximate surface area is 128 Å². The lowest BCUT2D eigenvalue weighted by molar-refractivity contribution is -0.134. The number of hydrogen-bond acceptors (Lipinski definition) is 3. The zero-order valence-corrected chi connectivity index (χ0v) is 14.9. The van der Waals surface area contributed by atoms with Crippen LogP contribution in [-0.2, 0) is 20.3 Å². The SMILES string of the molecule is CC(C)(C)P(=O)(OC(=O)CCc1ccccc1)C(C)(C)C. The molecule has 4 heteroatoms. The molecular weight excluding hydrogens is 283 g/mol. The van der Waals surface area contributed by atoms with Crippen molar-refractivity contribution in [2.75, 3.05) is 0 Å². The van der Waals surface area contributed by atoms with Gasteiger partial charge >= 0.3 is 5.97 Å². The number of hydrogen-bond donors (Lipinski definition) is 0. The molecule has 0 bridgehead atoms. The monoisotopic (exact) mass is 310 g/mol. The van der Waals surface area contributed by atoms with E-state index in [-0.39, 0.29) is 12.4 Å². The van der Waals surface area contributed by atoms with Gasteiger partial charge in [-0.2, -0.15) is 0 Å². The van der Waals surface area contributed by atoms with E-state index in [0.29, 0.717) is 6.42 Å². The summed E-state index contributed by atoms with van der Waals surface area (Å²) in [4.78, 5) is 12.1. The largest absolute Gasteiger partial charge is 0.411 e. The quantitative estimate of drug-likeness (QED) is 0.732. The van der Waals surface area contributed by atoms with Crippen molar-refractivity contribution in [2.24, 2.45) is 0 Å². The van der Waals surface area contributed by atoms with E-state index >= 15 is 0 Å². The molecule has 0 aliphatic carbocycles. The van der Waals surface area contributed by atoms with Gasteiger partial charge in [0.25, 0.3) is 7.37 Å². The van der Waals surface area contributed by atoms with E-state index in [1.54, 1.807) is 0 Å². The maximum absolute atomic E-state index is 13.2. The van der Waals surface area contributed by atoms with E-state index in [9.17, 15) is 9.36 Å². The maximum atomic E-state index is 13.2. The molecule has 0 amide bonds. The zero-order valence-electron chi connectivity index (χ0n) is 14.0. The van der Waals surface area contributed by atoms with E-state index < -0.39 is 17.7 Å². The lowest BCUT2D eigenvalue weighted by Gasteiger charge is -2.39. The molecule has 21 heavy (non-hydrogen) atoms. The van der Waals surface area contributed by atoms with Crippen LogP contribution in [0, 0.1) is 0 Å². The molecule has 0 saturated heterocycles. The van der Waals surface area contributed by atoms with Gasteiger partial charge in [-0.3, -0.25) is 9.36 Å². The standard InChI is InChI=1S/C17H27O3P/c1-16(2,3)21(19,17(4,5)6)20-15(18)13-12-14-10-8-7-9-11-14/h7-11H,12-13H2,1-6H3. The summed E-state index contributed by atoms with van der Waals surface area (Å²) in [7, 11) is -3.11. The van der Waals surface area contributed by atoms with Crippen LogP contribution in [0.1, 0.15) is 53.5 Å². The Morgan fingerprint density at radius 2 is 1.48 bits per heavy atom. The molecule has 1 aromatic rings. The van der Waals surface area contributed by atoms with Crippen LogP contribution in [0.3, 0.4) is 0 Å². The topological polar surface area (TPSA) is 43.4 Å². The lowest BCUT2D eigenvalue weighted by atomic mass is 10.1. The van der Waals surface area contributed by atoms with E-state index in [1.807, 2.05) is 71.9 Å². The Bertz CT molecular complexity index is 503. The fourth-order valence-electron chi connectivity index (χ4n) is 2.36. The van der Waals surface area contributed by atoms with Gasteiger partial charge in [-0.25, -0.2) is 0 Å². The zero-order chi connectivity index (χ0) is 16.3. The van der Waals surface area contributed by atoms with E-state index in [0.717, 1.165) is 5.56 Å². The maximum Gasteiger partial charge on any atom is 0.311 e. The van der Waals surface area contributed by atoms with Gasteiger partial charge in [0.05, 0.1) is 0 Å². The molecule has 0 aliphatic rings. The van der Waals surface area contributed by atoms with Crippen molar-refractivity contribution >= 4 is 13.3 Å². The number of aryl methyl sites for hydroxylation is 1. The number of carbonyl (C=O) groups excluding carboxylic acids is 1. The Morgan fingerprint density at radius 3 is 1.90 bits per heavy atom. The molecule has 3 nitrogen and oxygen atoms in total. The predicted octanol–water partition coefficient (Wildman–Crippen LogP) is 5.04. The molecule has 0 saturated carbocycles. The van der Waals surface area contributed by atoms with Crippen molar-refractivity contribution in [3.8, 4) is 0 Å². The highest BCUT2D eigenvalue weighted by atomic mass is 31.2. The van der Waals surface area contributed by atoms with Crippen LogP contribution in [-0.4, -0.2) is 16.3 Å². The van der Waals surface area contributed by atoms with Crippen molar-refractivity contribution in [2.45, 2.75) is 64.7 Å². The third-order valence-corrected chi connectivity index (χ3v) is 7.45. The Morgan fingerprint density at radius 1 is 1.00 bits per heavy atom. The average molecular weight is 310 g/mol. The van der Waals surface area contributed by atoms with Crippen LogP contribution in [0.25, 0.3) is 0 Å². The molecule has 0 aromatic heterocycles. The third-order valence-electron chi connectivity index (χ3n) is 3.46. The first-order chi connectivity index (χ1) is 9.47. The summed E-state index contributed by atoms with van der Waals surface area (Å²) < 4.78 is 18.7. The summed E-state index contributed by atoms with van der Waals surface area (Å²) in [6.07, 6.45) is 0.855. The van der Waals surface area contributed by atoms with Gasteiger partial charge in [0.1, 0.15) is 0 Å².